The Hall–Kier alpha value is -0.560. The van der Waals surface area contributed by atoms with Crippen LogP contribution >= 0.6 is 35.6 Å². The van der Waals surface area contributed by atoms with Crippen LogP contribution in [0.4, 0.5) is 0 Å². The van der Waals surface area contributed by atoms with Crippen LogP contribution in [0, 0.1) is 5.92 Å². The summed E-state index contributed by atoms with van der Waals surface area (Å²) in [5.41, 5.74) is 1.08. The van der Waals surface area contributed by atoms with E-state index in [-0.39, 0.29) is 24.0 Å². The summed E-state index contributed by atoms with van der Waals surface area (Å²) in [6, 6.07) is 3.74. The molecule has 20 heavy (non-hydrogen) atoms. The molecule has 0 aliphatic carbocycles. The summed E-state index contributed by atoms with van der Waals surface area (Å²) < 4.78 is 0. The fourth-order valence-corrected chi connectivity index (χ4v) is 1.75. The fraction of sp³-hybridized carbons (Fsp3) is 0.571. The third-order valence-corrected chi connectivity index (χ3v) is 2.95. The largest absolute Gasteiger partial charge is 0.356 e. The van der Waals surface area contributed by atoms with Gasteiger partial charge in [0.25, 0.3) is 0 Å². The molecular formula is C14H24ClIN4. The standard InChI is InChI=1S/C14H23ClN4.HI/c1-11(2)5-4-8-17-14(16-3)19-10-12-6-7-13(15)18-9-12;/h6-7,9,11H,4-5,8,10H2,1-3H3,(H2,16,17,19);1H. The van der Waals surface area contributed by atoms with E-state index < -0.39 is 0 Å². The second kappa shape index (κ2) is 11.1. The SMILES string of the molecule is CN=C(NCCCC(C)C)NCc1ccc(Cl)nc1.I. The first-order valence-electron chi connectivity index (χ1n) is 6.66. The van der Waals surface area contributed by atoms with Crippen molar-refractivity contribution in [2.24, 2.45) is 10.9 Å². The molecule has 0 saturated heterocycles. The molecular weight excluding hydrogens is 387 g/mol. The Bertz CT molecular complexity index is 393. The normalized spacial score (nSPS) is 11.2. The zero-order valence-electron chi connectivity index (χ0n) is 12.3. The summed E-state index contributed by atoms with van der Waals surface area (Å²) in [4.78, 5) is 8.23. The summed E-state index contributed by atoms with van der Waals surface area (Å²) in [5.74, 6) is 1.57. The lowest BCUT2D eigenvalue weighted by Crippen LogP contribution is -2.37. The van der Waals surface area contributed by atoms with Crippen molar-refractivity contribution >= 4 is 41.5 Å². The number of nitrogens with zero attached hydrogens (tertiary/aromatic N) is 2. The maximum Gasteiger partial charge on any atom is 0.191 e. The molecule has 1 aromatic heterocycles. The van der Waals surface area contributed by atoms with Crippen LogP contribution in [-0.4, -0.2) is 24.5 Å². The van der Waals surface area contributed by atoms with Gasteiger partial charge < -0.3 is 10.6 Å². The molecule has 0 amide bonds. The maximum atomic E-state index is 5.74. The molecule has 0 fully saturated rings. The lowest BCUT2D eigenvalue weighted by atomic mass is 10.1. The Labute approximate surface area is 143 Å². The number of pyridine rings is 1. The topological polar surface area (TPSA) is 49.3 Å². The van der Waals surface area contributed by atoms with E-state index in [1.165, 1.54) is 6.42 Å². The monoisotopic (exact) mass is 410 g/mol. The first kappa shape index (κ1) is 19.4. The number of guanidine groups is 1. The highest BCUT2D eigenvalue weighted by molar-refractivity contribution is 14.0. The lowest BCUT2D eigenvalue weighted by Gasteiger charge is -2.12. The zero-order valence-corrected chi connectivity index (χ0v) is 15.4. The molecule has 0 unspecified atom stereocenters. The van der Waals surface area contributed by atoms with Gasteiger partial charge in [-0.05, 0) is 30.4 Å². The molecule has 1 heterocycles. The van der Waals surface area contributed by atoms with Gasteiger partial charge in [0, 0.05) is 26.3 Å². The number of halogens is 2. The van der Waals surface area contributed by atoms with Crippen molar-refractivity contribution in [3.63, 3.8) is 0 Å². The molecule has 0 aromatic carbocycles. The molecule has 0 spiro atoms. The smallest absolute Gasteiger partial charge is 0.191 e. The highest BCUT2D eigenvalue weighted by Gasteiger charge is 1.99. The minimum atomic E-state index is 0. The van der Waals surface area contributed by atoms with Crippen LogP contribution in [0.15, 0.2) is 23.3 Å². The van der Waals surface area contributed by atoms with Crippen molar-refractivity contribution < 1.29 is 0 Å². The first-order chi connectivity index (χ1) is 9.11. The molecule has 1 aromatic rings. The Kier molecular flexibility index (Phi) is 10.8. The third-order valence-electron chi connectivity index (χ3n) is 2.72. The Morgan fingerprint density at radius 2 is 2.10 bits per heavy atom. The van der Waals surface area contributed by atoms with Crippen LogP contribution in [0.5, 0.6) is 0 Å². The Morgan fingerprint density at radius 3 is 2.65 bits per heavy atom. The number of rotatable bonds is 6. The number of hydrogen-bond acceptors (Lipinski definition) is 2. The number of nitrogens with one attached hydrogen (secondary N) is 2. The van der Waals surface area contributed by atoms with E-state index in [1.54, 1.807) is 19.3 Å². The summed E-state index contributed by atoms with van der Waals surface area (Å²) in [6.07, 6.45) is 4.15. The molecule has 1 rings (SSSR count). The van der Waals surface area contributed by atoms with E-state index in [4.69, 9.17) is 11.6 Å². The first-order valence-corrected chi connectivity index (χ1v) is 7.04. The average Bonchev–Trinajstić information content (AvgIpc) is 2.39. The van der Waals surface area contributed by atoms with Gasteiger partial charge >= 0.3 is 0 Å². The van der Waals surface area contributed by atoms with Crippen LogP contribution in [0.1, 0.15) is 32.3 Å². The van der Waals surface area contributed by atoms with Gasteiger partial charge in [0.2, 0.25) is 0 Å². The molecule has 0 atom stereocenters. The summed E-state index contributed by atoms with van der Waals surface area (Å²) in [7, 11) is 1.78. The molecule has 2 N–H and O–H groups in total. The summed E-state index contributed by atoms with van der Waals surface area (Å²) in [6.45, 7) is 6.10. The fourth-order valence-electron chi connectivity index (χ4n) is 1.63. The highest BCUT2D eigenvalue weighted by atomic mass is 127. The number of aromatic nitrogens is 1. The second-order valence-electron chi connectivity index (χ2n) is 4.88. The van der Waals surface area contributed by atoms with Gasteiger partial charge in [-0.25, -0.2) is 4.98 Å². The Morgan fingerprint density at radius 1 is 1.35 bits per heavy atom. The highest BCUT2D eigenvalue weighted by Crippen LogP contribution is 2.04. The van der Waals surface area contributed by atoms with E-state index in [0.717, 1.165) is 30.4 Å². The van der Waals surface area contributed by atoms with E-state index in [9.17, 15) is 0 Å². The van der Waals surface area contributed by atoms with E-state index in [0.29, 0.717) is 11.7 Å². The van der Waals surface area contributed by atoms with Crippen LogP contribution in [0.25, 0.3) is 0 Å². The van der Waals surface area contributed by atoms with Crippen LogP contribution in [-0.2, 0) is 6.54 Å². The van der Waals surface area contributed by atoms with Gasteiger partial charge in [0.05, 0.1) is 0 Å². The van der Waals surface area contributed by atoms with Crippen molar-refractivity contribution in [1.82, 2.24) is 15.6 Å². The van der Waals surface area contributed by atoms with Gasteiger partial charge in [0.15, 0.2) is 5.96 Å². The van der Waals surface area contributed by atoms with Gasteiger partial charge in [0.1, 0.15) is 5.15 Å². The number of aliphatic imine (C=N–C) groups is 1. The molecule has 6 heteroatoms. The van der Waals surface area contributed by atoms with Crippen LogP contribution < -0.4 is 10.6 Å². The Balaban J connectivity index is 0.00000361. The van der Waals surface area contributed by atoms with Crippen LogP contribution in [0.3, 0.4) is 0 Å². The van der Waals surface area contributed by atoms with Crippen molar-refractivity contribution in [1.29, 1.82) is 0 Å². The summed E-state index contributed by atoms with van der Waals surface area (Å²) in [5, 5.41) is 7.06. The van der Waals surface area contributed by atoms with Crippen LogP contribution in [0.2, 0.25) is 5.15 Å². The summed E-state index contributed by atoms with van der Waals surface area (Å²) >= 11 is 5.74. The molecule has 0 aliphatic heterocycles. The van der Waals surface area contributed by atoms with Gasteiger partial charge in [-0.3, -0.25) is 4.99 Å². The maximum absolute atomic E-state index is 5.74. The minimum Gasteiger partial charge on any atom is -0.356 e. The molecule has 0 aliphatic rings. The third kappa shape index (κ3) is 8.58. The molecule has 4 nitrogen and oxygen atoms in total. The minimum absolute atomic E-state index is 0. The molecule has 114 valence electrons. The molecule has 0 radical (unpaired) electrons. The molecule has 0 saturated carbocycles. The van der Waals surface area contributed by atoms with Crippen molar-refractivity contribution in [2.75, 3.05) is 13.6 Å². The van der Waals surface area contributed by atoms with Crippen molar-refractivity contribution in [2.45, 2.75) is 33.2 Å². The second-order valence-corrected chi connectivity index (χ2v) is 5.27. The zero-order chi connectivity index (χ0) is 14.1. The van der Waals surface area contributed by atoms with Crippen molar-refractivity contribution in [3.8, 4) is 0 Å². The van der Waals surface area contributed by atoms with Gasteiger partial charge in [-0.2, -0.15) is 0 Å². The van der Waals surface area contributed by atoms with Gasteiger partial charge in [-0.15, -0.1) is 24.0 Å². The molecule has 0 bridgehead atoms. The quantitative estimate of drug-likeness (QED) is 0.248. The number of hydrogen-bond donors (Lipinski definition) is 2. The van der Waals surface area contributed by atoms with Gasteiger partial charge in [-0.1, -0.05) is 31.5 Å². The van der Waals surface area contributed by atoms with E-state index >= 15 is 0 Å². The predicted molar refractivity (Wildman–Crippen MR) is 96.9 cm³/mol. The van der Waals surface area contributed by atoms with Crippen molar-refractivity contribution in [3.05, 3.63) is 29.0 Å². The van der Waals surface area contributed by atoms with E-state index in [2.05, 4.69) is 34.5 Å². The predicted octanol–water partition coefficient (Wildman–Crippen LogP) is 3.45. The average molecular weight is 411 g/mol. The van der Waals surface area contributed by atoms with E-state index in [1.807, 2.05) is 6.07 Å². The lowest BCUT2D eigenvalue weighted by molar-refractivity contribution is 0.549.